The lowest BCUT2D eigenvalue weighted by molar-refractivity contribution is -0.137. The lowest BCUT2D eigenvalue weighted by Gasteiger charge is -2.05. The van der Waals surface area contributed by atoms with Gasteiger partial charge in [0.25, 0.3) is 5.91 Å². The molecule has 7 heteroatoms. The topological polar surface area (TPSA) is 102 Å². The molecular formula is C17H20BrN3O3. The van der Waals surface area contributed by atoms with E-state index in [-0.39, 0.29) is 12.0 Å². The Morgan fingerprint density at radius 1 is 1.21 bits per heavy atom. The maximum absolute atomic E-state index is 11.9. The second-order valence-corrected chi connectivity index (χ2v) is 6.05. The summed E-state index contributed by atoms with van der Waals surface area (Å²) in [6.45, 7) is 0.936. The second-order valence-electron chi connectivity index (χ2n) is 5.14. The first kappa shape index (κ1) is 19.7. The number of nitriles is 1. The summed E-state index contributed by atoms with van der Waals surface area (Å²) in [6, 6.07) is 9.58. The zero-order valence-electron chi connectivity index (χ0n) is 13.2. The fourth-order valence-electron chi connectivity index (χ4n) is 1.90. The van der Waals surface area contributed by atoms with Crippen LogP contribution in [0.5, 0.6) is 0 Å². The second kappa shape index (κ2) is 11.2. The molecule has 0 aliphatic rings. The number of amides is 1. The number of unbranched alkanes of at least 4 members (excludes halogenated alkanes) is 2. The molecule has 1 aromatic carbocycles. The molecule has 1 aromatic rings. The molecule has 0 bridgehead atoms. The van der Waals surface area contributed by atoms with Crippen LogP contribution in [0.1, 0.15) is 31.2 Å². The van der Waals surface area contributed by atoms with Gasteiger partial charge in [-0.05, 0) is 30.5 Å². The standard InChI is InChI=1S/C17H20BrN3O3/c18-15-7-5-13(6-8-15)11-20-12-14(10-19)17(24)21-9-3-1-2-4-16(22)23/h5-8,12,20H,1-4,9,11H2,(H,21,24)(H,22,23)/b14-12-. The third-order valence-corrected chi connectivity index (χ3v) is 3.71. The van der Waals surface area contributed by atoms with Crippen LogP contribution in [0.25, 0.3) is 0 Å². The third kappa shape index (κ3) is 8.34. The molecule has 0 fully saturated rings. The van der Waals surface area contributed by atoms with Gasteiger partial charge in [-0.3, -0.25) is 9.59 Å². The number of carbonyl (C=O) groups excluding carboxylic acids is 1. The van der Waals surface area contributed by atoms with Crippen molar-refractivity contribution in [2.75, 3.05) is 6.54 Å². The van der Waals surface area contributed by atoms with E-state index in [1.54, 1.807) is 0 Å². The largest absolute Gasteiger partial charge is 0.481 e. The van der Waals surface area contributed by atoms with Gasteiger partial charge in [-0.1, -0.05) is 34.5 Å². The number of hydrogen-bond donors (Lipinski definition) is 3. The number of aliphatic carboxylic acids is 1. The molecule has 0 atom stereocenters. The van der Waals surface area contributed by atoms with Gasteiger partial charge in [-0.2, -0.15) is 5.26 Å². The number of carboxylic acids is 1. The Balaban J connectivity index is 2.30. The fraction of sp³-hybridized carbons (Fsp3) is 0.353. The van der Waals surface area contributed by atoms with Crippen molar-refractivity contribution >= 4 is 27.8 Å². The van der Waals surface area contributed by atoms with Crippen LogP contribution in [0, 0.1) is 11.3 Å². The van der Waals surface area contributed by atoms with Crippen LogP contribution in [-0.2, 0) is 16.1 Å². The van der Waals surface area contributed by atoms with Gasteiger partial charge in [0.1, 0.15) is 11.6 Å². The highest BCUT2D eigenvalue weighted by molar-refractivity contribution is 9.10. The van der Waals surface area contributed by atoms with Crippen molar-refractivity contribution in [2.24, 2.45) is 0 Å². The molecule has 1 amide bonds. The number of rotatable bonds is 10. The molecule has 0 aromatic heterocycles. The highest BCUT2D eigenvalue weighted by Crippen LogP contribution is 2.10. The van der Waals surface area contributed by atoms with Crippen molar-refractivity contribution in [1.82, 2.24) is 10.6 Å². The Kier molecular flexibility index (Phi) is 9.24. The van der Waals surface area contributed by atoms with E-state index in [1.807, 2.05) is 30.3 Å². The third-order valence-electron chi connectivity index (χ3n) is 3.18. The molecule has 0 heterocycles. The number of nitrogens with one attached hydrogen (secondary N) is 2. The zero-order valence-corrected chi connectivity index (χ0v) is 14.8. The molecule has 0 saturated heterocycles. The van der Waals surface area contributed by atoms with Gasteiger partial charge in [-0.15, -0.1) is 0 Å². The minimum absolute atomic E-state index is 0.0117. The summed E-state index contributed by atoms with van der Waals surface area (Å²) in [6.07, 6.45) is 3.53. The molecule has 0 unspecified atom stereocenters. The lowest BCUT2D eigenvalue weighted by Crippen LogP contribution is -2.26. The summed E-state index contributed by atoms with van der Waals surface area (Å²) in [7, 11) is 0. The van der Waals surface area contributed by atoms with Crippen LogP contribution >= 0.6 is 15.9 Å². The van der Waals surface area contributed by atoms with Gasteiger partial charge in [0.05, 0.1) is 0 Å². The van der Waals surface area contributed by atoms with Crippen LogP contribution in [0.15, 0.2) is 40.5 Å². The zero-order chi connectivity index (χ0) is 17.8. The van der Waals surface area contributed by atoms with E-state index in [1.165, 1.54) is 6.20 Å². The predicted octanol–water partition coefficient (Wildman–Crippen LogP) is 2.71. The van der Waals surface area contributed by atoms with Gasteiger partial charge >= 0.3 is 5.97 Å². The Bertz CT molecular complexity index is 621. The summed E-state index contributed by atoms with van der Waals surface area (Å²) in [5, 5.41) is 23.2. The number of halogens is 1. The molecular weight excluding hydrogens is 374 g/mol. The summed E-state index contributed by atoms with van der Waals surface area (Å²) < 4.78 is 0.988. The van der Waals surface area contributed by atoms with Gasteiger partial charge in [-0.25, -0.2) is 0 Å². The van der Waals surface area contributed by atoms with Crippen LogP contribution in [0.4, 0.5) is 0 Å². The Morgan fingerprint density at radius 3 is 2.54 bits per heavy atom. The Labute approximate surface area is 149 Å². The maximum Gasteiger partial charge on any atom is 0.303 e. The molecule has 1 rings (SSSR count). The molecule has 0 spiro atoms. The van der Waals surface area contributed by atoms with E-state index >= 15 is 0 Å². The monoisotopic (exact) mass is 393 g/mol. The van der Waals surface area contributed by atoms with E-state index in [9.17, 15) is 9.59 Å². The first-order valence-corrected chi connectivity index (χ1v) is 8.40. The van der Waals surface area contributed by atoms with Crippen LogP contribution in [-0.4, -0.2) is 23.5 Å². The SMILES string of the molecule is N#C/C(=C/NCc1ccc(Br)cc1)C(=O)NCCCCCC(=O)O. The molecule has 0 radical (unpaired) electrons. The van der Waals surface area contributed by atoms with E-state index in [0.717, 1.165) is 16.5 Å². The number of carboxylic acid groups (broad SMARTS) is 1. The number of benzene rings is 1. The van der Waals surface area contributed by atoms with Crippen molar-refractivity contribution in [1.29, 1.82) is 5.26 Å². The van der Waals surface area contributed by atoms with Gasteiger partial charge in [0, 0.05) is 30.2 Å². The van der Waals surface area contributed by atoms with Gasteiger partial charge < -0.3 is 15.7 Å². The molecule has 128 valence electrons. The predicted molar refractivity (Wildman–Crippen MR) is 93.8 cm³/mol. The van der Waals surface area contributed by atoms with E-state index < -0.39 is 11.9 Å². The van der Waals surface area contributed by atoms with Crippen LogP contribution < -0.4 is 10.6 Å². The molecule has 24 heavy (non-hydrogen) atoms. The summed E-state index contributed by atoms with van der Waals surface area (Å²) >= 11 is 3.36. The van der Waals surface area contributed by atoms with E-state index in [2.05, 4.69) is 26.6 Å². The van der Waals surface area contributed by atoms with Crippen molar-refractivity contribution in [3.8, 4) is 6.07 Å². The minimum Gasteiger partial charge on any atom is -0.481 e. The number of nitrogens with zero attached hydrogens (tertiary/aromatic N) is 1. The molecule has 6 nitrogen and oxygen atoms in total. The average molecular weight is 394 g/mol. The number of carbonyl (C=O) groups is 2. The molecule has 0 saturated carbocycles. The van der Waals surface area contributed by atoms with Crippen molar-refractivity contribution in [3.63, 3.8) is 0 Å². The first-order valence-electron chi connectivity index (χ1n) is 7.61. The summed E-state index contributed by atoms with van der Waals surface area (Å²) in [5.41, 5.74) is 1.04. The Morgan fingerprint density at radius 2 is 1.92 bits per heavy atom. The van der Waals surface area contributed by atoms with Crippen molar-refractivity contribution < 1.29 is 14.7 Å². The Hall–Kier alpha value is -2.33. The molecule has 3 N–H and O–H groups in total. The normalized spacial score (nSPS) is 10.8. The van der Waals surface area contributed by atoms with Gasteiger partial charge in [0.15, 0.2) is 0 Å². The van der Waals surface area contributed by atoms with Crippen LogP contribution in [0.2, 0.25) is 0 Å². The number of hydrogen-bond acceptors (Lipinski definition) is 4. The van der Waals surface area contributed by atoms with E-state index in [0.29, 0.717) is 25.9 Å². The van der Waals surface area contributed by atoms with E-state index in [4.69, 9.17) is 10.4 Å². The van der Waals surface area contributed by atoms with Crippen molar-refractivity contribution in [2.45, 2.75) is 32.2 Å². The minimum atomic E-state index is -0.814. The smallest absolute Gasteiger partial charge is 0.303 e. The fourth-order valence-corrected chi connectivity index (χ4v) is 2.16. The summed E-state index contributed by atoms with van der Waals surface area (Å²) in [4.78, 5) is 22.2. The first-order chi connectivity index (χ1) is 11.5. The van der Waals surface area contributed by atoms with Gasteiger partial charge in [0.2, 0.25) is 0 Å². The highest BCUT2D eigenvalue weighted by atomic mass is 79.9. The van der Waals surface area contributed by atoms with Crippen LogP contribution in [0.3, 0.4) is 0 Å². The lowest BCUT2D eigenvalue weighted by atomic mass is 10.2. The molecule has 0 aliphatic carbocycles. The maximum atomic E-state index is 11.9. The molecule has 0 aliphatic heterocycles. The quantitative estimate of drug-likeness (QED) is 0.322. The highest BCUT2D eigenvalue weighted by Gasteiger charge is 2.07. The summed E-state index contributed by atoms with van der Waals surface area (Å²) in [5.74, 6) is -1.25. The van der Waals surface area contributed by atoms with Crippen molar-refractivity contribution in [3.05, 3.63) is 46.1 Å². The average Bonchev–Trinajstić information content (AvgIpc) is 2.56.